The zero-order valence-electron chi connectivity index (χ0n) is 15.4. The molecule has 32 heavy (non-hydrogen) atoms. The highest BCUT2D eigenvalue weighted by atomic mass is 35.5. The van der Waals surface area contributed by atoms with Gasteiger partial charge in [0, 0.05) is 11.4 Å². The number of alkyl halides is 6. The fourth-order valence-corrected chi connectivity index (χ4v) is 2.80. The van der Waals surface area contributed by atoms with Crippen LogP contribution >= 0.6 is 11.6 Å². The van der Waals surface area contributed by atoms with E-state index in [1.807, 2.05) is 0 Å². The first-order chi connectivity index (χ1) is 14.9. The molecule has 0 atom stereocenters. The lowest BCUT2D eigenvalue weighted by molar-refractivity contribution is -0.383. The van der Waals surface area contributed by atoms with Gasteiger partial charge in [-0.2, -0.15) is 26.3 Å². The number of anilines is 4. The Labute approximate surface area is 180 Å². The SMILES string of the molecule is O=[N+]([O-])c1c(Nc2ccc(C(F)(F)F)cc2)ncnc1Nc1ccc(Cl)c(C(F)(F)F)c1. The first-order valence-corrected chi connectivity index (χ1v) is 8.81. The molecule has 0 bridgehead atoms. The van der Waals surface area contributed by atoms with Crippen LogP contribution in [0.5, 0.6) is 0 Å². The maximum atomic E-state index is 13.1. The molecule has 1 heterocycles. The number of nitrogens with zero attached hydrogens (tertiary/aromatic N) is 3. The maximum Gasteiger partial charge on any atom is 0.417 e. The Hall–Kier alpha value is -3.61. The summed E-state index contributed by atoms with van der Waals surface area (Å²) in [5.41, 5.74) is -2.97. The van der Waals surface area contributed by atoms with E-state index in [1.54, 1.807) is 0 Å². The van der Waals surface area contributed by atoms with E-state index in [0.29, 0.717) is 6.07 Å². The molecule has 14 heteroatoms. The molecule has 0 unspecified atom stereocenters. The molecule has 2 N–H and O–H groups in total. The number of aromatic nitrogens is 2. The number of nitrogens with one attached hydrogen (secondary N) is 2. The van der Waals surface area contributed by atoms with Crippen molar-refractivity contribution in [3.05, 3.63) is 75.1 Å². The molecule has 168 valence electrons. The molecule has 0 aliphatic rings. The lowest BCUT2D eigenvalue weighted by atomic mass is 10.2. The van der Waals surface area contributed by atoms with E-state index >= 15 is 0 Å². The van der Waals surface area contributed by atoms with E-state index < -0.39 is 50.7 Å². The minimum absolute atomic E-state index is 0.0524. The van der Waals surface area contributed by atoms with Gasteiger partial charge in [0.1, 0.15) is 6.33 Å². The maximum absolute atomic E-state index is 13.1. The van der Waals surface area contributed by atoms with Crippen LogP contribution in [0.15, 0.2) is 48.8 Å². The van der Waals surface area contributed by atoms with Crippen LogP contribution in [0, 0.1) is 10.1 Å². The molecule has 1 aromatic heterocycles. The number of hydrogen-bond donors (Lipinski definition) is 2. The second kappa shape index (κ2) is 8.49. The molecule has 0 aliphatic heterocycles. The molecule has 0 saturated heterocycles. The zero-order chi connectivity index (χ0) is 23.7. The van der Waals surface area contributed by atoms with Crippen LogP contribution in [-0.2, 0) is 12.4 Å². The predicted molar refractivity (Wildman–Crippen MR) is 103 cm³/mol. The van der Waals surface area contributed by atoms with Crippen molar-refractivity contribution in [1.29, 1.82) is 0 Å². The minimum Gasteiger partial charge on any atom is -0.334 e. The third-order valence-corrected chi connectivity index (χ3v) is 4.34. The Bertz CT molecular complexity index is 1150. The Morgan fingerprint density at radius 1 is 0.844 bits per heavy atom. The van der Waals surface area contributed by atoms with Gasteiger partial charge in [-0.3, -0.25) is 10.1 Å². The van der Waals surface area contributed by atoms with Gasteiger partial charge in [0.05, 0.1) is 21.1 Å². The van der Waals surface area contributed by atoms with Gasteiger partial charge in [0.2, 0.25) is 11.6 Å². The van der Waals surface area contributed by atoms with E-state index in [4.69, 9.17) is 11.6 Å². The smallest absolute Gasteiger partial charge is 0.334 e. The van der Waals surface area contributed by atoms with Crippen LogP contribution < -0.4 is 10.6 Å². The first-order valence-electron chi connectivity index (χ1n) is 8.43. The van der Waals surface area contributed by atoms with Gasteiger partial charge >= 0.3 is 18.0 Å². The first kappa shape index (κ1) is 23.1. The lowest BCUT2D eigenvalue weighted by Crippen LogP contribution is -2.08. The summed E-state index contributed by atoms with van der Waals surface area (Å²) in [4.78, 5) is 18.1. The largest absolute Gasteiger partial charge is 0.417 e. The van der Waals surface area contributed by atoms with Gasteiger partial charge in [-0.15, -0.1) is 0 Å². The normalized spacial score (nSPS) is 11.8. The monoisotopic (exact) mass is 477 g/mol. The van der Waals surface area contributed by atoms with Gasteiger partial charge < -0.3 is 10.6 Å². The van der Waals surface area contributed by atoms with Crippen LogP contribution in [0.1, 0.15) is 11.1 Å². The van der Waals surface area contributed by atoms with E-state index in [0.717, 1.165) is 42.7 Å². The molecule has 3 aromatic rings. The second-order valence-corrected chi connectivity index (χ2v) is 6.60. The molecule has 0 fully saturated rings. The minimum atomic E-state index is -4.76. The van der Waals surface area contributed by atoms with Crippen molar-refractivity contribution in [2.75, 3.05) is 10.6 Å². The molecule has 3 rings (SSSR count). The summed E-state index contributed by atoms with van der Waals surface area (Å²) >= 11 is 5.56. The molecular weight excluding hydrogens is 468 g/mol. The number of nitro groups is 1. The molecule has 7 nitrogen and oxygen atoms in total. The second-order valence-electron chi connectivity index (χ2n) is 6.19. The summed E-state index contributed by atoms with van der Waals surface area (Å²) in [5.74, 6) is -0.841. The van der Waals surface area contributed by atoms with Crippen molar-refractivity contribution in [2.24, 2.45) is 0 Å². The van der Waals surface area contributed by atoms with Crippen LogP contribution in [0.25, 0.3) is 0 Å². The van der Waals surface area contributed by atoms with Crippen molar-refractivity contribution in [2.45, 2.75) is 12.4 Å². The number of halogens is 7. The summed E-state index contributed by atoms with van der Waals surface area (Å²) in [6.45, 7) is 0. The van der Waals surface area contributed by atoms with Gasteiger partial charge in [-0.1, -0.05) is 11.6 Å². The Balaban J connectivity index is 1.95. The van der Waals surface area contributed by atoms with Gasteiger partial charge in [0.15, 0.2) is 0 Å². The molecular formula is C18H10ClF6N5O2. The standard InChI is InChI=1S/C18H10ClF6N5O2/c19-13-6-5-11(7-12(13)18(23,24)25)29-16-14(30(31)32)15(26-8-27-16)28-10-3-1-9(2-4-10)17(20,21)22/h1-8H,(H2,26,27,28,29). The average molecular weight is 478 g/mol. The quantitative estimate of drug-likeness (QED) is 0.245. The molecule has 2 aromatic carbocycles. The van der Waals surface area contributed by atoms with Crippen LogP contribution in [-0.4, -0.2) is 14.9 Å². The lowest BCUT2D eigenvalue weighted by Gasteiger charge is -2.13. The average Bonchev–Trinajstić information content (AvgIpc) is 2.68. The predicted octanol–water partition coefficient (Wildman–Crippen LogP) is 6.56. The third kappa shape index (κ3) is 5.17. The van der Waals surface area contributed by atoms with Crippen molar-refractivity contribution >= 4 is 40.3 Å². The Morgan fingerprint density at radius 3 is 1.88 bits per heavy atom. The number of hydrogen-bond acceptors (Lipinski definition) is 6. The fraction of sp³-hybridized carbons (Fsp3) is 0.111. The van der Waals surface area contributed by atoms with Crippen LogP contribution in [0.3, 0.4) is 0 Å². The Kier molecular flexibility index (Phi) is 6.12. The van der Waals surface area contributed by atoms with Crippen molar-refractivity contribution in [3.63, 3.8) is 0 Å². The highest BCUT2D eigenvalue weighted by molar-refractivity contribution is 6.31. The van der Waals surface area contributed by atoms with E-state index in [-0.39, 0.29) is 11.4 Å². The molecule has 0 spiro atoms. The fourth-order valence-electron chi connectivity index (χ4n) is 2.57. The van der Waals surface area contributed by atoms with Crippen molar-refractivity contribution in [3.8, 4) is 0 Å². The molecule has 0 saturated carbocycles. The van der Waals surface area contributed by atoms with E-state index in [1.165, 1.54) is 0 Å². The summed E-state index contributed by atoms with van der Waals surface area (Å²) < 4.78 is 77.2. The van der Waals surface area contributed by atoms with Gasteiger partial charge in [-0.25, -0.2) is 9.97 Å². The highest BCUT2D eigenvalue weighted by Crippen LogP contribution is 2.38. The summed E-state index contributed by atoms with van der Waals surface area (Å²) in [5, 5.41) is 15.9. The van der Waals surface area contributed by atoms with Crippen molar-refractivity contribution < 1.29 is 31.3 Å². The molecule has 0 aliphatic carbocycles. The number of rotatable bonds is 5. The van der Waals surface area contributed by atoms with Gasteiger partial charge in [0.25, 0.3) is 0 Å². The van der Waals surface area contributed by atoms with Crippen molar-refractivity contribution in [1.82, 2.24) is 9.97 Å². The van der Waals surface area contributed by atoms with Crippen LogP contribution in [0.2, 0.25) is 5.02 Å². The summed E-state index contributed by atoms with van der Waals surface area (Å²) in [7, 11) is 0. The highest BCUT2D eigenvalue weighted by Gasteiger charge is 2.34. The van der Waals surface area contributed by atoms with Gasteiger partial charge in [-0.05, 0) is 42.5 Å². The third-order valence-electron chi connectivity index (χ3n) is 4.01. The topological polar surface area (TPSA) is 93.0 Å². The summed E-state index contributed by atoms with van der Waals surface area (Å²) in [6, 6.07) is 6.37. The van der Waals surface area contributed by atoms with E-state index in [2.05, 4.69) is 20.6 Å². The molecule has 0 amide bonds. The summed E-state index contributed by atoms with van der Waals surface area (Å²) in [6.07, 6.45) is -8.44. The number of benzene rings is 2. The van der Waals surface area contributed by atoms with Crippen LogP contribution in [0.4, 0.5) is 55.0 Å². The zero-order valence-corrected chi connectivity index (χ0v) is 16.2. The van der Waals surface area contributed by atoms with E-state index in [9.17, 15) is 36.5 Å². The Morgan fingerprint density at radius 2 is 1.38 bits per heavy atom. The molecule has 0 radical (unpaired) electrons.